The normalized spacial score (nSPS) is 11.8. The molecule has 5 rings (SSSR count). The number of hydrogen-bond acceptors (Lipinski definition) is 5. The van der Waals surface area contributed by atoms with Crippen molar-refractivity contribution in [3.8, 4) is 0 Å². The van der Waals surface area contributed by atoms with E-state index in [1.54, 1.807) is 127 Å². The summed E-state index contributed by atoms with van der Waals surface area (Å²) in [5.41, 5.74) is 2.70. The SMILES string of the molecule is O=C(c1ccccc1)C(Cl)(Cl)Cl.O=C(c1ccccc1)C(O)c1ccccc1.O=C(c1ccccc1)C(O)c1ccccc1. The standard InChI is InChI=1S/2C14H12O2.C8H5Cl3O/c2*15-13(11-7-3-1-4-8-11)14(16)12-9-5-2-6-10-12;9-8(10,11)7(12)6-4-2-1-3-5-6/h2*1-10,13,15H;1-5H. The summed E-state index contributed by atoms with van der Waals surface area (Å²) in [5.74, 6) is -1.05. The topological polar surface area (TPSA) is 91.7 Å². The van der Waals surface area contributed by atoms with Gasteiger partial charge < -0.3 is 10.2 Å². The van der Waals surface area contributed by atoms with E-state index in [2.05, 4.69) is 0 Å². The zero-order valence-electron chi connectivity index (χ0n) is 23.3. The zero-order chi connectivity index (χ0) is 32.0. The number of halogens is 3. The Bertz CT molecular complexity index is 1500. The molecule has 8 heteroatoms. The Hall–Kier alpha value is -4.10. The van der Waals surface area contributed by atoms with E-state index in [4.69, 9.17) is 34.8 Å². The van der Waals surface area contributed by atoms with Crippen molar-refractivity contribution in [2.45, 2.75) is 16.0 Å². The first kappa shape index (κ1) is 34.4. The van der Waals surface area contributed by atoms with Gasteiger partial charge >= 0.3 is 0 Å². The quantitative estimate of drug-likeness (QED) is 0.137. The van der Waals surface area contributed by atoms with Crippen LogP contribution < -0.4 is 0 Å². The predicted octanol–water partition coefficient (Wildman–Crippen LogP) is 8.45. The third kappa shape index (κ3) is 10.6. The minimum absolute atomic E-state index is 0.271. The van der Waals surface area contributed by atoms with Crippen molar-refractivity contribution in [3.05, 3.63) is 179 Å². The molecule has 2 N–H and O–H groups in total. The molecular formula is C36H29Cl3O5. The van der Waals surface area contributed by atoms with Crippen molar-refractivity contribution in [2.75, 3.05) is 0 Å². The van der Waals surface area contributed by atoms with Gasteiger partial charge in [-0.1, -0.05) is 186 Å². The number of Topliss-reactive ketones (excluding diaryl/α,β-unsaturated/α-hetero) is 3. The molecule has 0 amide bonds. The minimum atomic E-state index is -1.86. The molecule has 0 aliphatic carbocycles. The average Bonchev–Trinajstić information content (AvgIpc) is 3.08. The highest BCUT2D eigenvalue weighted by Gasteiger charge is 2.31. The van der Waals surface area contributed by atoms with Crippen LogP contribution in [0.1, 0.15) is 54.4 Å². The lowest BCUT2D eigenvalue weighted by Crippen LogP contribution is -2.18. The fraction of sp³-hybridized carbons (Fsp3) is 0.0833. The molecule has 0 saturated heterocycles. The number of rotatable bonds is 7. The van der Waals surface area contributed by atoms with Crippen LogP contribution in [0.25, 0.3) is 0 Å². The first-order valence-electron chi connectivity index (χ1n) is 13.4. The summed E-state index contributed by atoms with van der Waals surface area (Å²) in [5, 5.41) is 19.8. The van der Waals surface area contributed by atoms with Crippen LogP contribution in [0, 0.1) is 0 Å². The molecule has 0 saturated carbocycles. The summed E-state index contributed by atoms with van der Waals surface area (Å²) in [6.07, 6.45) is -2.16. The van der Waals surface area contributed by atoms with Crippen LogP contribution in [0.15, 0.2) is 152 Å². The second kappa shape index (κ2) is 17.3. The van der Waals surface area contributed by atoms with Crippen molar-refractivity contribution in [1.29, 1.82) is 0 Å². The molecule has 5 aromatic rings. The van der Waals surface area contributed by atoms with Crippen molar-refractivity contribution < 1.29 is 24.6 Å². The zero-order valence-corrected chi connectivity index (χ0v) is 25.6. The van der Waals surface area contributed by atoms with Gasteiger partial charge in [0.15, 0.2) is 11.6 Å². The monoisotopic (exact) mass is 646 g/mol. The van der Waals surface area contributed by atoms with Crippen LogP contribution in [0.2, 0.25) is 0 Å². The number of carbonyl (C=O) groups is 3. The highest BCUT2D eigenvalue weighted by Crippen LogP contribution is 2.30. The van der Waals surface area contributed by atoms with Gasteiger partial charge in [0.2, 0.25) is 5.78 Å². The number of hydrogen-bond donors (Lipinski definition) is 2. The molecule has 5 aromatic carbocycles. The minimum Gasteiger partial charge on any atom is -0.380 e. The van der Waals surface area contributed by atoms with E-state index in [0.29, 0.717) is 27.8 Å². The van der Waals surface area contributed by atoms with Crippen LogP contribution in [0.5, 0.6) is 0 Å². The van der Waals surface area contributed by atoms with Crippen LogP contribution in [-0.4, -0.2) is 31.4 Å². The predicted molar refractivity (Wildman–Crippen MR) is 175 cm³/mol. The first-order valence-corrected chi connectivity index (χ1v) is 14.5. The third-order valence-corrected chi connectivity index (χ3v) is 6.65. The largest absolute Gasteiger partial charge is 0.380 e. The maximum absolute atomic E-state index is 11.9. The molecule has 0 aliphatic heterocycles. The molecule has 0 heterocycles. The van der Waals surface area contributed by atoms with Crippen molar-refractivity contribution in [1.82, 2.24) is 0 Å². The summed E-state index contributed by atoms with van der Waals surface area (Å²) < 4.78 is -1.86. The smallest absolute Gasteiger partial charge is 0.253 e. The van der Waals surface area contributed by atoms with Crippen LogP contribution in [-0.2, 0) is 0 Å². The molecule has 0 radical (unpaired) electrons. The number of alkyl halides is 3. The fourth-order valence-electron chi connectivity index (χ4n) is 3.85. The lowest BCUT2D eigenvalue weighted by atomic mass is 10.0. The number of aliphatic hydroxyl groups is 2. The molecule has 44 heavy (non-hydrogen) atoms. The maximum atomic E-state index is 11.9. The Morgan fingerprint density at radius 1 is 0.432 bits per heavy atom. The lowest BCUT2D eigenvalue weighted by molar-refractivity contribution is 0.0743. The molecule has 2 unspecified atom stereocenters. The van der Waals surface area contributed by atoms with Gasteiger partial charge in [0, 0.05) is 16.7 Å². The Kier molecular flexibility index (Phi) is 13.5. The van der Waals surface area contributed by atoms with Gasteiger partial charge in [0.1, 0.15) is 12.2 Å². The molecular weight excluding hydrogens is 619 g/mol. The van der Waals surface area contributed by atoms with Gasteiger partial charge in [0.25, 0.3) is 3.79 Å². The van der Waals surface area contributed by atoms with Gasteiger partial charge in [-0.15, -0.1) is 0 Å². The van der Waals surface area contributed by atoms with Crippen LogP contribution in [0.3, 0.4) is 0 Å². The summed E-state index contributed by atoms with van der Waals surface area (Å²) in [4.78, 5) is 35.1. The van der Waals surface area contributed by atoms with Gasteiger partial charge in [-0.2, -0.15) is 0 Å². The van der Waals surface area contributed by atoms with Crippen LogP contribution >= 0.6 is 34.8 Å². The summed E-state index contributed by atoms with van der Waals surface area (Å²) in [6, 6.07) is 43.9. The van der Waals surface area contributed by atoms with Gasteiger partial charge in [0.05, 0.1) is 0 Å². The Morgan fingerprint density at radius 2 is 0.682 bits per heavy atom. The fourth-order valence-corrected chi connectivity index (χ4v) is 4.17. The van der Waals surface area contributed by atoms with E-state index < -0.39 is 21.8 Å². The van der Waals surface area contributed by atoms with Gasteiger partial charge in [-0.3, -0.25) is 14.4 Å². The van der Waals surface area contributed by atoms with Gasteiger partial charge in [-0.05, 0) is 11.1 Å². The van der Waals surface area contributed by atoms with Crippen molar-refractivity contribution in [2.24, 2.45) is 0 Å². The summed E-state index contributed by atoms with van der Waals surface area (Å²) >= 11 is 16.2. The number of carbonyl (C=O) groups excluding carboxylic acids is 3. The molecule has 5 nitrogen and oxygen atoms in total. The second-order valence-corrected chi connectivity index (χ2v) is 11.6. The van der Waals surface area contributed by atoms with Gasteiger partial charge in [-0.25, -0.2) is 0 Å². The van der Waals surface area contributed by atoms with Crippen LogP contribution in [0.4, 0.5) is 0 Å². The second-order valence-electron chi connectivity index (χ2n) is 9.28. The number of benzene rings is 5. The summed E-state index contributed by atoms with van der Waals surface area (Å²) in [7, 11) is 0. The Balaban J connectivity index is 0.000000183. The molecule has 2 atom stereocenters. The Labute approximate surface area is 271 Å². The van der Waals surface area contributed by atoms with E-state index >= 15 is 0 Å². The van der Waals surface area contributed by atoms with Crippen molar-refractivity contribution >= 4 is 52.2 Å². The third-order valence-electron chi connectivity index (χ3n) is 6.14. The van der Waals surface area contributed by atoms with E-state index in [9.17, 15) is 24.6 Å². The van der Waals surface area contributed by atoms with E-state index in [1.165, 1.54) is 0 Å². The van der Waals surface area contributed by atoms with E-state index in [0.717, 1.165) is 0 Å². The number of aliphatic hydroxyl groups excluding tert-OH is 2. The molecule has 0 aliphatic rings. The van der Waals surface area contributed by atoms with Crippen molar-refractivity contribution in [3.63, 3.8) is 0 Å². The molecule has 0 fully saturated rings. The van der Waals surface area contributed by atoms with E-state index in [1.807, 2.05) is 24.3 Å². The average molecular weight is 648 g/mol. The lowest BCUT2D eigenvalue weighted by Gasteiger charge is -2.09. The molecule has 0 spiro atoms. The summed E-state index contributed by atoms with van der Waals surface area (Å²) in [6.45, 7) is 0. The first-order chi connectivity index (χ1) is 21.1. The molecule has 0 aromatic heterocycles. The molecule has 224 valence electrons. The Morgan fingerprint density at radius 3 is 0.955 bits per heavy atom. The van der Waals surface area contributed by atoms with E-state index in [-0.39, 0.29) is 11.6 Å². The number of ketones is 3. The highest BCUT2D eigenvalue weighted by atomic mass is 35.6. The molecule has 0 bridgehead atoms. The maximum Gasteiger partial charge on any atom is 0.253 e. The highest BCUT2D eigenvalue weighted by molar-refractivity contribution is 6.77.